The van der Waals surface area contributed by atoms with Gasteiger partial charge in [-0.15, -0.1) is 0 Å². The summed E-state index contributed by atoms with van der Waals surface area (Å²) < 4.78 is 51.3. The van der Waals surface area contributed by atoms with E-state index in [4.69, 9.17) is 9.47 Å². The highest BCUT2D eigenvalue weighted by Crippen LogP contribution is 2.33. The molecule has 1 amide bonds. The maximum absolute atomic E-state index is 13.2. The van der Waals surface area contributed by atoms with Gasteiger partial charge in [0.1, 0.15) is 5.60 Å². The van der Waals surface area contributed by atoms with Gasteiger partial charge in [0.2, 0.25) is 0 Å². The number of esters is 1. The van der Waals surface area contributed by atoms with Gasteiger partial charge in [-0.1, -0.05) is 6.07 Å². The lowest BCUT2D eigenvalue weighted by molar-refractivity contribution is -0.132. The van der Waals surface area contributed by atoms with E-state index in [0.29, 0.717) is 27.9 Å². The number of alkyl halides is 3. The Kier molecular flexibility index (Phi) is 7.87. The fourth-order valence-corrected chi connectivity index (χ4v) is 3.76. The van der Waals surface area contributed by atoms with Crippen LogP contribution in [0.3, 0.4) is 0 Å². The van der Waals surface area contributed by atoms with Crippen molar-refractivity contribution in [1.82, 2.24) is 9.38 Å². The first-order valence-corrected chi connectivity index (χ1v) is 11.6. The van der Waals surface area contributed by atoms with Crippen molar-refractivity contribution in [2.75, 3.05) is 18.6 Å². The number of aliphatic hydroxyl groups is 1. The number of ether oxygens (including phenoxy) is 2. The minimum atomic E-state index is -4.52. The number of carbonyl (C=O) groups excluding carboxylic acids is 2. The number of benzene rings is 1. The molecule has 0 fully saturated rings. The van der Waals surface area contributed by atoms with Gasteiger partial charge in [-0.05, 0) is 63.9 Å². The summed E-state index contributed by atoms with van der Waals surface area (Å²) in [6.45, 7) is 7.39. The van der Waals surface area contributed by atoms with Gasteiger partial charge < -0.3 is 14.6 Å². The first-order valence-electron chi connectivity index (χ1n) is 11.6. The van der Waals surface area contributed by atoms with E-state index in [1.165, 1.54) is 26.3 Å². The summed E-state index contributed by atoms with van der Waals surface area (Å²) in [7, 11) is 1.29. The number of amides is 1. The lowest BCUT2D eigenvalue weighted by Crippen LogP contribution is -2.39. The smallest absolute Gasteiger partial charge is 0.414 e. The molecule has 0 spiro atoms. The Bertz CT molecular complexity index is 1310. The molecule has 0 saturated heterocycles. The summed E-state index contributed by atoms with van der Waals surface area (Å²) in [5, 5.41) is 10.3. The zero-order valence-corrected chi connectivity index (χ0v) is 21.5. The molecule has 0 aliphatic heterocycles. The number of aliphatic hydroxyl groups excluding tert-OH is 1. The quantitative estimate of drug-likeness (QED) is 0.410. The molecular formula is C26H30F3N3O5. The van der Waals surface area contributed by atoms with E-state index in [0.717, 1.165) is 4.90 Å². The van der Waals surface area contributed by atoms with Crippen LogP contribution in [-0.4, -0.2) is 52.0 Å². The molecule has 0 unspecified atom stereocenters. The third-order valence-electron chi connectivity index (χ3n) is 5.54. The second kappa shape index (κ2) is 10.4. The monoisotopic (exact) mass is 521 g/mol. The van der Waals surface area contributed by atoms with E-state index >= 15 is 0 Å². The molecule has 11 heteroatoms. The molecule has 3 aromatic rings. The minimum Gasteiger partial charge on any atom is -0.465 e. The van der Waals surface area contributed by atoms with E-state index in [1.807, 2.05) is 0 Å². The number of rotatable bonds is 6. The van der Waals surface area contributed by atoms with Crippen LogP contribution in [0.4, 0.5) is 23.7 Å². The number of hydrogen-bond donors (Lipinski definition) is 1. The van der Waals surface area contributed by atoms with Gasteiger partial charge in [-0.3, -0.25) is 9.30 Å². The summed E-state index contributed by atoms with van der Waals surface area (Å²) in [4.78, 5) is 30.3. The van der Waals surface area contributed by atoms with Gasteiger partial charge in [0.05, 0.1) is 42.8 Å². The van der Waals surface area contributed by atoms with Crippen molar-refractivity contribution in [1.29, 1.82) is 0 Å². The van der Waals surface area contributed by atoms with Crippen molar-refractivity contribution in [3.05, 3.63) is 53.3 Å². The summed E-state index contributed by atoms with van der Waals surface area (Å²) in [6, 6.07) is 6.47. The number of nitrogens with zero attached hydrogens (tertiary/aromatic N) is 3. The highest BCUT2D eigenvalue weighted by atomic mass is 19.4. The number of anilines is 1. The lowest BCUT2D eigenvalue weighted by Gasteiger charge is -2.28. The zero-order valence-electron chi connectivity index (χ0n) is 21.5. The highest BCUT2D eigenvalue weighted by molar-refractivity contribution is 5.94. The number of fused-ring (bicyclic) bond motifs is 1. The number of aromatic nitrogens is 2. The Labute approximate surface area is 212 Å². The normalized spacial score (nSPS) is 12.9. The summed E-state index contributed by atoms with van der Waals surface area (Å²) in [5.41, 5.74) is 1.88. The Balaban J connectivity index is 2.20. The van der Waals surface area contributed by atoms with Gasteiger partial charge in [-0.25, -0.2) is 14.6 Å². The molecule has 1 N–H and O–H groups in total. The topological polar surface area (TPSA) is 93.4 Å². The van der Waals surface area contributed by atoms with Gasteiger partial charge in [-0.2, -0.15) is 13.2 Å². The van der Waals surface area contributed by atoms with E-state index in [2.05, 4.69) is 4.98 Å². The van der Waals surface area contributed by atoms with Gasteiger partial charge in [0.15, 0.2) is 5.65 Å². The third-order valence-corrected chi connectivity index (χ3v) is 5.54. The molecule has 2 heterocycles. The average Bonchev–Trinajstić information content (AvgIpc) is 3.20. The van der Waals surface area contributed by atoms with Crippen LogP contribution in [0.5, 0.6) is 0 Å². The van der Waals surface area contributed by atoms with Crippen LogP contribution in [-0.2, 0) is 9.47 Å². The molecule has 0 bridgehead atoms. The molecule has 0 radical (unpaired) electrons. The Morgan fingerprint density at radius 3 is 2.41 bits per heavy atom. The van der Waals surface area contributed by atoms with Crippen molar-refractivity contribution in [3.8, 4) is 11.3 Å². The molecule has 0 saturated carbocycles. The summed E-state index contributed by atoms with van der Waals surface area (Å²) in [5.74, 6) is -0.487. The van der Waals surface area contributed by atoms with Crippen molar-refractivity contribution < 1.29 is 37.3 Å². The Morgan fingerprint density at radius 2 is 1.86 bits per heavy atom. The molecule has 2 aromatic heterocycles. The summed E-state index contributed by atoms with van der Waals surface area (Å²) in [6.07, 6.45) is -4.63. The minimum absolute atomic E-state index is 0.0612. The maximum Gasteiger partial charge on any atom is 0.414 e. The maximum atomic E-state index is 13.2. The Morgan fingerprint density at radius 1 is 1.19 bits per heavy atom. The molecular weight excluding hydrogens is 491 g/mol. The summed E-state index contributed by atoms with van der Waals surface area (Å²) >= 11 is 0. The van der Waals surface area contributed by atoms with Crippen LogP contribution in [0.1, 0.15) is 61.7 Å². The number of carbonyl (C=O) groups is 2. The molecule has 8 nitrogen and oxygen atoms in total. The van der Waals surface area contributed by atoms with E-state index < -0.39 is 42.9 Å². The SMILES string of the molecule is COC(=O)c1ccc(-c2cnc3c(N(CCC(F)(F)F)C(=O)OC(C)(C)C)cc([C@H](C)O)cn23)cc1C. The first kappa shape index (κ1) is 28.0. The molecule has 3 rings (SSSR count). The number of pyridine rings is 1. The third kappa shape index (κ3) is 6.59. The van der Waals surface area contributed by atoms with Crippen LogP contribution in [0, 0.1) is 6.92 Å². The second-order valence-electron chi connectivity index (χ2n) is 9.69. The highest BCUT2D eigenvalue weighted by Gasteiger charge is 2.33. The zero-order chi connectivity index (χ0) is 27.7. The standard InChI is InChI=1S/C26H30F3N3O5/c1-15-11-17(7-8-19(15)23(34)36-6)21-13-30-22-20(12-18(16(2)33)14-32(21)22)31(10-9-26(27,28)29)24(35)37-25(3,4)5/h7-8,11-14,16,33H,9-10H2,1-6H3/t16-/m0/s1. The molecule has 0 aliphatic carbocycles. The fraction of sp³-hybridized carbons (Fsp3) is 0.423. The van der Waals surface area contributed by atoms with Crippen LogP contribution < -0.4 is 4.90 Å². The molecule has 0 aliphatic rings. The van der Waals surface area contributed by atoms with Crippen molar-refractivity contribution in [3.63, 3.8) is 0 Å². The van der Waals surface area contributed by atoms with Crippen LogP contribution in [0.15, 0.2) is 36.7 Å². The van der Waals surface area contributed by atoms with Crippen LogP contribution in [0.2, 0.25) is 0 Å². The molecule has 1 aromatic carbocycles. The van der Waals surface area contributed by atoms with E-state index in [-0.39, 0.29) is 11.3 Å². The fourth-order valence-electron chi connectivity index (χ4n) is 3.76. The Hall–Kier alpha value is -3.60. The molecule has 1 atom stereocenters. The van der Waals surface area contributed by atoms with Crippen molar-refractivity contribution >= 4 is 23.4 Å². The first-order chi connectivity index (χ1) is 17.1. The number of aryl methyl sites for hydroxylation is 1. The largest absolute Gasteiger partial charge is 0.465 e. The molecule has 200 valence electrons. The van der Waals surface area contributed by atoms with E-state index in [9.17, 15) is 27.9 Å². The number of imidazole rings is 1. The second-order valence-corrected chi connectivity index (χ2v) is 9.69. The number of hydrogen-bond acceptors (Lipinski definition) is 6. The lowest BCUT2D eigenvalue weighted by atomic mass is 10.0. The molecule has 37 heavy (non-hydrogen) atoms. The van der Waals surface area contributed by atoms with Gasteiger partial charge in [0.25, 0.3) is 0 Å². The average molecular weight is 522 g/mol. The predicted molar refractivity (Wildman–Crippen MR) is 132 cm³/mol. The van der Waals surface area contributed by atoms with Gasteiger partial charge >= 0.3 is 18.2 Å². The van der Waals surface area contributed by atoms with Crippen molar-refractivity contribution in [2.45, 2.75) is 58.9 Å². The van der Waals surface area contributed by atoms with Crippen molar-refractivity contribution in [2.24, 2.45) is 0 Å². The van der Waals surface area contributed by atoms with E-state index in [1.54, 1.807) is 56.5 Å². The number of halogens is 3. The van der Waals surface area contributed by atoms with Crippen LogP contribution >= 0.6 is 0 Å². The van der Waals surface area contributed by atoms with Gasteiger partial charge in [0, 0.05) is 18.3 Å². The van der Waals surface area contributed by atoms with Crippen LogP contribution in [0.25, 0.3) is 16.9 Å². The predicted octanol–water partition coefficient (Wildman–Crippen LogP) is 5.84. The number of methoxy groups -OCH3 is 1.